The van der Waals surface area contributed by atoms with Gasteiger partial charge in [0.1, 0.15) is 0 Å². The number of hydrogen-bond donors (Lipinski definition) is 0. The van der Waals surface area contributed by atoms with Gasteiger partial charge in [-0.2, -0.15) is 0 Å². The summed E-state index contributed by atoms with van der Waals surface area (Å²) in [5, 5.41) is 1.07. The van der Waals surface area contributed by atoms with Crippen LogP contribution in [-0.4, -0.2) is 45.5 Å². The van der Waals surface area contributed by atoms with Crippen molar-refractivity contribution >= 4 is 15.9 Å². The first kappa shape index (κ1) is 17.4. The van der Waals surface area contributed by atoms with Gasteiger partial charge in [0.2, 0.25) is 0 Å². The van der Waals surface area contributed by atoms with Crippen molar-refractivity contribution in [3.05, 3.63) is 0 Å². The van der Waals surface area contributed by atoms with Crippen LogP contribution < -0.4 is 0 Å². The van der Waals surface area contributed by atoms with Gasteiger partial charge in [-0.1, -0.05) is 41.6 Å². The van der Waals surface area contributed by atoms with Gasteiger partial charge in [-0.3, -0.25) is 0 Å². The van der Waals surface area contributed by atoms with E-state index in [4.69, 9.17) is 14.2 Å². The van der Waals surface area contributed by atoms with Gasteiger partial charge in [0.05, 0.1) is 19.8 Å². The summed E-state index contributed by atoms with van der Waals surface area (Å²) in [7, 11) is 1.69. The Morgan fingerprint density at radius 1 is 0.895 bits per heavy atom. The van der Waals surface area contributed by atoms with Crippen LogP contribution in [0.15, 0.2) is 0 Å². The number of halogens is 1. The highest BCUT2D eigenvalue weighted by Gasteiger charge is 2.29. The Morgan fingerprint density at radius 3 is 2.21 bits per heavy atom. The summed E-state index contributed by atoms with van der Waals surface area (Å²) in [5.74, 6) is 0. The van der Waals surface area contributed by atoms with Gasteiger partial charge in [0.25, 0.3) is 0 Å². The highest BCUT2D eigenvalue weighted by atomic mass is 79.9. The molecule has 0 amide bonds. The standard InChI is InChI=1S/C15H29BrO3/c1-17-11-12-18-9-6-10-19-14-15(13-16)7-4-2-3-5-8-15/h2-14H2,1H3. The molecule has 0 aromatic carbocycles. The lowest BCUT2D eigenvalue weighted by Crippen LogP contribution is -2.28. The van der Waals surface area contributed by atoms with Crippen LogP contribution >= 0.6 is 15.9 Å². The van der Waals surface area contributed by atoms with E-state index < -0.39 is 0 Å². The van der Waals surface area contributed by atoms with E-state index in [9.17, 15) is 0 Å². The molecule has 0 saturated heterocycles. The molecule has 0 aromatic heterocycles. The monoisotopic (exact) mass is 336 g/mol. The first-order chi connectivity index (χ1) is 9.33. The molecule has 114 valence electrons. The van der Waals surface area contributed by atoms with Gasteiger partial charge in [-0.25, -0.2) is 0 Å². The highest BCUT2D eigenvalue weighted by molar-refractivity contribution is 9.09. The Hall–Kier alpha value is 0.360. The first-order valence-corrected chi connectivity index (χ1v) is 8.65. The van der Waals surface area contributed by atoms with E-state index >= 15 is 0 Å². The smallest absolute Gasteiger partial charge is 0.0700 e. The largest absolute Gasteiger partial charge is 0.382 e. The minimum Gasteiger partial charge on any atom is -0.382 e. The van der Waals surface area contributed by atoms with Crippen LogP contribution in [0.25, 0.3) is 0 Å². The van der Waals surface area contributed by atoms with Crippen molar-refractivity contribution < 1.29 is 14.2 Å². The molecule has 1 saturated carbocycles. The molecule has 4 heteroatoms. The van der Waals surface area contributed by atoms with Crippen LogP contribution in [0.2, 0.25) is 0 Å². The topological polar surface area (TPSA) is 27.7 Å². The average molecular weight is 337 g/mol. The summed E-state index contributed by atoms with van der Waals surface area (Å²) in [6.07, 6.45) is 9.08. The zero-order valence-electron chi connectivity index (χ0n) is 12.3. The van der Waals surface area contributed by atoms with Crippen molar-refractivity contribution in [3.8, 4) is 0 Å². The molecule has 1 aliphatic carbocycles. The summed E-state index contributed by atoms with van der Waals surface area (Å²) in [5.41, 5.74) is 0.382. The third-order valence-corrected chi connectivity index (χ3v) is 5.05. The van der Waals surface area contributed by atoms with E-state index in [1.54, 1.807) is 7.11 Å². The maximum Gasteiger partial charge on any atom is 0.0700 e. The highest BCUT2D eigenvalue weighted by Crippen LogP contribution is 2.36. The van der Waals surface area contributed by atoms with Gasteiger partial charge < -0.3 is 14.2 Å². The number of rotatable bonds is 10. The molecule has 0 atom stereocenters. The van der Waals surface area contributed by atoms with E-state index in [2.05, 4.69) is 15.9 Å². The average Bonchev–Trinajstić information content (AvgIpc) is 2.68. The Labute approximate surface area is 126 Å². The fourth-order valence-electron chi connectivity index (χ4n) is 2.59. The van der Waals surface area contributed by atoms with Crippen LogP contribution in [0.4, 0.5) is 0 Å². The molecule has 0 aromatic rings. The molecule has 0 spiro atoms. The zero-order chi connectivity index (χ0) is 13.8. The lowest BCUT2D eigenvalue weighted by Gasteiger charge is -2.30. The maximum atomic E-state index is 5.89. The molecule has 3 nitrogen and oxygen atoms in total. The van der Waals surface area contributed by atoms with E-state index in [0.717, 1.165) is 31.6 Å². The van der Waals surface area contributed by atoms with Gasteiger partial charge in [0, 0.05) is 31.1 Å². The molecule has 0 aliphatic heterocycles. The number of hydrogen-bond acceptors (Lipinski definition) is 3. The minimum absolute atomic E-state index is 0.382. The second-order valence-corrected chi connectivity index (χ2v) is 6.12. The van der Waals surface area contributed by atoms with E-state index in [1.807, 2.05) is 0 Å². The molecular weight excluding hydrogens is 308 g/mol. The maximum absolute atomic E-state index is 5.89. The number of alkyl halides is 1. The van der Waals surface area contributed by atoms with Crippen LogP contribution in [0.1, 0.15) is 44.9 Å². The molecule has 0 bridgehead atoms. The molecular formula is C15H29BrO3. The lowest BCUT2D eigenvalue weighted by molar-refractivity contribution is 0.0234. The fraction of sp³-hybridized carbons (Fsp3) is 1.00. The Balaban J connectivity index is 2.05. The molecule has 0 unspecified atom stereocenters. The van der Waals surface area contributed by atoms with E-state index in [-0.39, 0.29) is 0 Å². The van der Waals surface area contributed by atoms with Crippen LogP contribution in [0.3, 0.4) is 0 Å². The fourth-order valence-corrected chi connectivity index (χ4v) is 3.31. The lowest BCUT2D eigenvalue weighted by atomic mass is 9.83. The van der Waals surface area contributed by atoms with Crippen LogP contribution in [0.5, 0.6) is 0 Å². The minimum atomic E-state index is 0.382. The predicted molar refractivity (Wildman–Crippen MR) is 82.1 cm³/mol. The molecule has 0 heterocycles. The summed E-state index contributed by atoms with van der Waals surface area (Å²) in [4.78, 5) is 0. The molecule has 0 radical (unpaired) electrons. The second-order valence-electron chi connectivity index (χ2n) is 5.56. The SMILES string of the molecule is COCCOCCCOCC1(CBr)CCCCCC1. The van der Waals surface area contributed by atoms with Crippen LogP contribution in [0, 0.1) is 5.41 Å². The van der Waals surface area contributed by atoms with E-state index in [0.29, 0.717) is 18.6 Å². The Bertz CT molecular complexity index is 204. The van der Waals surface area contributed by atoms with E-state index in [1.165, 1.54) is 38.5 Å². The van der Waals surface area contributed by atoms with Crippen molar-refractivity contribution in [2.75, 3.05) is 45.5 Å². The van der Waals surface area contributed by atoms with Gasteiger partial charge in [0.15, 0.2) is 0 Å². The summed E-state index contributed by atoms with van der Waals surface area (Å²) < 4.78 is 16.2. The zero-order valence-corrected chi connectivity index (χ0v) is 13.9. The van der Waals surface area contributed by atoms with Gasteiger partial charge in [-0.15, -0.1) is 0 Å². The molecule has 1 fully saturated rings. The molecule has 0 N–H and O–H groups in total. The summed E-state index contributed by atoms with van der Waals surface area (Å²) in [6.45, 7) is 3.83. The quantitative estimate of drug-likeness (QED) is 0.345. The molecule has 1 rings (SSSR count). The Kier molecular flexibility index (Phi) is 10.1. The third-order valence-electron chi connectivity index (χ3n) is 3.87. The van der Waals surface area contributed by atoms with Crippen molar-refractivity contribution in [2.45, 2.75) is 44.9 Å². The normalized spacial score (nSPS) is 19.3. The first-order valence-electron chi connectivity index (χ1n) is 7.53. The van der Waals surface area contributed by atoms with Crippen molar-refractivity contribution in [2.24, 2.45) is 5.41 Å². The Morgan fingerprint density at radius 2 is 1.58 bits per heavy atom. The predicted octanol–water partition coefficient (Wildman–Crippen LogP) is 3.79. The summed E-state index contributed by atoms with van der Waals surface area (Å²) in [6, 6.07) is 0. The van der Waals surface area contributed by atoms with Crippen molar-refractivity contribution in [1.29, 1.82) is 0 Å². The number of methoxy groups -OCH3 is 1. The second kappa shape index (κ2) is 11.1. The van der Waals surface area contributed by atoms with Crippen molar-refractivity contribution in [1.82, 2.24) is 0 Å². The van der Waals surface area contributed by atoms with Crippen molar-refractivity contribution in [3.63, 3.8) is 0 Å². The molecule has 1 aliphatic rings. The third kappa shape index (κ3) is 7.64. The van der Waals surface area contributed by atoms with Crippen LogP contribution in [-0.2, 0) is 14.2 Å². The summed E-state index contributed by atoms with van der Waals surface area (Å²) >= 11 is 3.70. The van der Waals surface area contributed by atoms with Gasteiger partial charge in [-0.05, 0) is 19.3 Å². The van der Waals surface area contributed by atoms with Gasteiger partial charge >= 0.3 is 0 Å². The number of ether oxygens (including phenoxy) is 3. The molecule has 19 heavy (non-hydrogen) atoms.